The second-order valence-electron chi connectivity index (χ2n) is 8.54. The second kappa shape index (κ2) is 8.05. The molecule has 1 unspecified atom stereocenters. The van der Waals surface area contributed by atoms with Gasteiger partial charge in [0, 0.05) is 5.92 Å². The van der Waals surface area contributed by atoms with Crippen molar-refractivity contribution in [3.63, 3.8) is 0 Å². The number of esters is 1. The van der Waals surface area contributed by atoms with Crippen molar-refractivity contribution >= 4 is 17.5 Å². The maximum absolute atomic E-state index is 13.6. The molecule has 1 saturated carbocycles. The Morgan fingerprint density at radius 2 is 1.60 bits per heavy atom. The molecule has 4 rings (SSSR count). The van der Waals surface area contributed by atoms with Gasteiger partial charge in [0.1, 0.15) is 17.3 Å². The smallest absolute Gasteiger partial charge is 0.313 e. The van der Waals surface area contributed by atoms with E-state index in [1.165, 1.54) is 6.07 Å². The van der Waals surface area contributed by atoms with E-state index in [2.05, 4.69) is 0 Å². The zero-order valence-corrected chi connectivity index (χ0v) is 17.3. The number of carbonyl (C=O) groups excluding carboxylic acids is 3. The number of phenolic OH excluding ortho intramolecular Hbond substituents is 1. The van der Waals surface area contributed by atoms with Crippen molar-refractivity contribution in [1.29, 1.82) is 0 Å². The van der Waals surface area contributed by atoms with E-state index in [0.29, 0.717) is 11.1 Å². The second-order valence-corrected chi connectivity index (χ2v) is 8.54. The van der Waals surface area contributed by atoms with Crippen LogP contribution in [0.5, 0.6) is 11.5 Å². The van der Waals surface area contributed by atoms with E-state index in [0.717, 1.165) is 32.1 Å². The molecule has 0 aromatic heterocycles. The lowest BCUT2D eigenvalue weighted by molar-refractivity contribution is -0.137. The van der Waals surface area contributed by atoms with Gasteiger partial charge in [0.05, 0.1) is 23.0 Å². The molecule has 0 saturated heterocycles. The fourth-order valence-corrected chi connectivity index (χ4v) is 4.61. The molecule has 0 radical (unpaired) electrons. The minimum atomic E-state index is -0.652. The Bertz CT molecular complexity index is 1010. The summed E-state index contributed by atoms with van der Waals surface area (Å²) in [5, 5.41) is 10.5. The average molecular weight is 406 g/mol. The molecule has 0 aliphatic heterocycles. The first kappa shape index (κ1) is 20.3. The van der Waals surface area contributed by atoms with Gasteiger partial charge in [-0.3, -0.25) is 14.4 Å². The van der Waals surface area contributed by atoms with Gasteiger partial charge in [0.15, 0.2) is 0 Å². The number of rotatable bonds is 4. The third-order valence-corrected chi connectivity index (χ3v) is 6.18. The van der Waals surface area contributed by atoms with Crippen LogP contribution in [0.25, 0.3) is 0 Å². The van der Waals surface area contributed by atoms with Crippen molar-refractivity contribution < 1.29 is 24.2 Å². The van der Waals surface area contributed by atoms with Crippen LogP contribution < -0.4 is 4.74 Å². The monoisotopic (exact) mass is 406 g/mol. The number of hydrogen-bond acceptors (Lipinski definition) is 5. The van der Waals surface area contributed by atoms with Crippen molar-refractivity contribution in [2.45, 2.75) is 51.9 Å². The molecule has 0 amide bonds. The van der Waals surface area contributed by atoms with Crippen LogP contribution in [0.2, 0.25) is 0 Å². The Hall–Kier alpha value is -2.95. The summed E-state index contributed by atoms with van der Waals surface area (Å²) in [5.74, 6) is -1.89. The van der Waals surface area contributed by atoms with Gasteiger partial charge in [-0.1, -0.05) is 57.4 Å². The summed E-state index contributed by atoms with van der Waals surface area (Å²) < 4.78 is 5.52. The standard InChI is InChI=1S/C25H26O5/c1-14(2)25(29)30-19-13-7-11-17-20(23(27)15-8-4-3-5-9-15)16-10-6-12-18(26)21(16)24(28)22(17)19/h6-7,10-15,20,26H,3-5,8-9H2,1-2H3. The molecule has 2 aliphatic rings. The number of carbonyl (C=O) groups is 3. The van der Waals surface area contributed by atoms with Gasteiger partial charge in [-0.2, -0.15) is 0 Å². The minimum Gasteiger partial charge on any atom is -0.507 e. The lowest BCUT2D eigenvalue weighted by Gasteiger charge is -2.31. The first-order valence-electron chi connectivity index (χ1n) is 10.6. The van der Waals surface area contributed by atoms with E-state index >= 15 is 0 Å². The number of fused-ring (bicyclic) bond motifs is 2. The van der Waals surface area contributed by atoms with Crippen LogP contribution in [0.4, 0.5) is 0 Å². The normalized spacial score (nSPS) is 18.6. The highest BCUT2D eigenvalue weighted by Gasteiger charge is 2.41. The molecular weight excluding hydrogens is 380 g/mol. The summed E-state index contributed by atoms with van der Waals surface area (Å²) in [6, 6.07) is 9.91. The van der Waals surface area contributed by atoms with E-state index < -0.39 is 17.7 Å². The summed E-state index contributed by atoms with van der Waals surface area (Å²) in [4.78, 5) is 39.3. The van der Waals surface area contributed by atoms with Crippen LogP contribution in [-0.2, 0) is 9.59 Å². The largest absolute Gasteiger partial charge is 0.507 e. The number of ether oxygens (including phenoxy) is 1. The minimum absolute atomic E-state index is 0.0677. The van der Waals surface area contributed by atoms with Crippen LogP contribution in [0.1, 0.15) is 78.9 Å². The lowest BCUT2D eigenvalue weighted by Crippen LogP contribution is -2.31. The number of Topliss-reactive ketones (excluding diaryl/α,β-unsaturated/α-hetero) is 1. The highest BCUT2D eigenvalue weighted by Crippen LogP contribution is 2.45. The van der Waals surface area contributed by atoms with E-state index in [1.54, 1.807) is 44.2 Å². The predicted octanol–water partition coefficient (Wildman–Crippen LogP) is 4.78. The van der Waals surface area contributed by atoms with Crippen molar-refractivity contribution in [2.75, 3.05) is 0 Å². The molecule has 1 N–H and O–H groups in total. The van der Waals surface area contributed by atoms with E-state index in [9.17, 15) is 19.5 Å². The summed E-state index contributed by atoms with van der Waals surface area (Å²) in [7, 11) is 0. The quantitative estimate of drug-likeness (QED) is 0.584. The molecule has 0 heterocycles. The van der Waals surface area contributed by atoms with E-state index in [1.807, 2.05) is 0 Å². The highest BCUT2D eigenvalue weighted by atomic mass is 16.5. The van der Waals surface area contributed by atoms with Gasteiger partial charge in [0.25, 0.3) is 0 Å². The fourth-order valence-electron chi connectivity index (χ4n) is 4.61. The molecule has 1 atom stereocenters. The zero-order chi connectivity index (χ0) is 21.4. The number of hydrogen-bond donors (Lipinski definition) is 1. The third kappa shape index (κ3) is 3.42. The lowest BCUT2D eigenvalue weighted by atomic mass is 9.70. The molecular formula is C25H26O5. The summed E-state index contributed by atoms with van der Waals surface area (Å²) in [6.07, 6.45) is 4.86. The number of aromatic hydroxyl groups is 1. The van der Waals surface area contributed by atoms with Gasteiger partial charge < -0.3 is 9.84 Å². The maximum atomic E-state index is 13.6. The first-order valence-corrected chi connectivity index (χ1v) is 10.6. The number of benzene rings is 2. The van der Waals surface area contributed by atoms with Crippen LogP contribution in [0.3, 0.4) is 0 Å². The molecule has 2 aromatic rings. The summed E-state index contributed by atoms with van der Waals surface area (Å²) in [6.45, 7) is 3.44. The number of phenols is 1. The van der Waals surface area contributed by atoms with Crippen LogP contribution >= 0.6 is 0 Å². The average Bonchev–Trinajstić information content (AvgIpc) is 2.74. The molecule has 30 heavy (non-hydrogen) atoms. The van der Waals surface area contributed by atoms with Crippen LogP contribution in [0.15, 0.2) is 36.4 Å². The van der Waals surface area contributed by atoms with Crippen molar-refractivity contribution in [3.05, 3.63) is 58.7 Å². The fraction of sp³-hybridized carbons (Fsp3) is 0.400. The van der Waals surface area contributed by atoms with E-state index in [-0.39, 0.29) is 40.2 Å². The maximum Gasteiger partial charge on any atom is 0.313 e. The van der Waals surface area contributed by atoms with Gasteiger partial charge in [-0.25, -0.2) is 0 Å². The van der Waals surface area contributed by atoms with Crippen molar-refractivity contribution in [2.24, 2.45) is 11.8 Å². The highest BCUT2D eigenvalue weighted by molar-refractivity contribution is 6.18. The van der Waals surface area contributed by atoms with Crippen molar-refractivity contribution in [1.82, 2.24) is 0 Å². The van der Waals surface area contributed by atoms with E-state index in [4.69, 9.17) is 4.74 Å². The summed E-state index contributed by atoms with van der Waals surface area (Å²) in [5.41, 5.74) is 1.43. The van der Waals surface area contributed by atoms with Gasteiger partial charge >= 0.3 is 5.97 Å². The molecule has 5 nitrogen and oxygen atoms in total. The Morgan fingerprint density at radius 3 is 2.27 bits per heavy atom. The number of ketones is 2. The Morgan fingerprint density at radius 1 is 0.967 bits per heavy atom. The molecule has 1 fully saturated rings. The third-order valence-electron chi connectivity index (χ3n) is 6.18. The van der Waals surface area contributed by atoms with Crippen LogP contribution in [-0.4, -0.2) is 22.6 Å². The molecule has 0 bridgehead atoms. The Labute approximate surface area is 176 Å². The van der Waals surface area contributed by atoms with Gasteiger partial charge in [-0.15, -0.1) is 0 Å². The van der Waals surface area contributed by atoms with Gasteiger partial charge in [0.2, 0.25) is 5.78 Å². The Balaban J connectivity index is 1.87. The molecule has 0 spiro atoms. The molecule has 156 valence electrons. The van der Waals surface area contributed by atoms with Gasteiger partial charge in [-0.05, 0) is 36.1 Å². The van der Waals surface area contributed by atoms with Crippen LogP contribution in [0, 0.1) is 11.8 Å². The molecule has 5 heteroatoms. The zero-order valence-electron chi connectivity index (χ0n) is 17.3. The molecule has 2 aromatic carbocycles. The first-order chi connectivity index (χ1) is 14.4. The topological polar surface area (TPSA) is 80.7 Å². The van der Waals surface area contributed by atoms with Crippen molar-refractivity contribution in [3.8, 4) is 11.5 Å². The predicted molar refractivity (Wildman–Crippen MR) is 112 cm³/mol. The SMILES string of the molecule is CC(C)C(=O)Oc1cccc2c1C(=O)c1c(O)cccc1C2C(=O)C1CCCCC1. The summed E-state index contributed by atoms with van der Waals surface area (Å²) >= 11 is 0. The Kier molecular flexibility index (Phi) is 5.46. The molecule has 2 aliphatic carbocycles.